The SMILES string of the molecule is Cc1csc(CN2CCN(C(=O)OC(C)(C)C)CC2)n1. The van der Waals surface area contributed by atoms with E-state index in [-0.39, 0.29) is 6.09 Å². The molecule has 1 fully saturated rings. The topological polar surface area (TPSA) is 45.7 Å². The van der Waals surface area contributed by atoms with Crippen LogP contribution in [0.25, 0.3) is 0 Å². The van der Waals surface area contributed by atoms with Gasteiger partial charge in [0.1, 0.15) is 10.6 Å². The van der Waals surface area contributed by atoms with E-state index in [0.29, 0.717) is 0 Å². The number of aromatic nitrogens is 1. The number of hydrogen-bond acceptors (Lipinski definition) is 5. The molecule has 0 aliphatic carbocycles. The maximum atomic E-state index is 12.0. The molecule has 1 aromatic rings. The third-order valence-corrected chi connectivity index (χ3v) is 4.00. The van der Waals surface area contributed by atoms with Crippen LogP contribution in [0.3, 0.4) is 0 Å². The molecular weight excluding hydrogens is 274 g/mol. The van der Waals surface area contributed by atoms with Gasteiger partial charge in [-0.25, -0.2) is 9.78 Å². The Morgan fingerprint density at radius 2 is 2.00 bits per heavy atom. The second kappa shape index (κ2) is 6.10. The highest BCUT2D eigenvalue weighted by molar-refractivity contribution is 7.09. The van der Waals surface area contributed by atoms with E-state index in [0.717, 1.165) is 43.4 Å². The van der Waals surface area contributed by atoms with Gasteiger partial charge in [0.2, 0.25) is 0 Å². The summed E-state index contributed by atoms with van der Waals surface area (Å²) in [5.74, 6) is 0. The zero-order valence-electron chi connectivity index (χ0n) is 12.7. The van der Waals surface area contributed by atoms with Gasteiger partial charge in [-0.3, -0.25) is 4.90 Å². The summed E-state index contributed by atoms with van der Waals surface area (Å²) in [6, 6.07) is 0. The van der Waals surface area contributed by atoms with Gasteiger partial charge in [-0.15, -0.1) is 11.3 Å². The predicted octanol–water partition coefficient (Wildman–Crippen LogP) is 2.50. The highest BCUT2D eigenvalue weighted by atomic mass is 32.1. The van der Waals surface area contributed by atoms with Crippen molar-refractivity contribution in [3.05, 3.63) is 16.1 Å². The second-order valence-electron chi connectivity index (χ2n) is 6.13. The van der Waals surface area contributed by atoms with E-state index in [9.17, 15) is 4.79 Å². The maximum Gasteiger partial charge on any atom is 0.410 e. The number of aryl methyl sites for hydroxylation is 1. The third kappa shape index (κ3) is 4.45. The Labute approximate surface area is 124 Å². The number of thiazole rings is 1. The summed E-state index contributed by atoms with van der Waals surface area (Å²) in [7, 11) is 0. The van der Waals surface area contributed by atoms with Gasteiger partial charge < -0.3 is 9.64 Å². The summed E-state index contributed by atoms with van der Waals surface area (Å²) in [5, 5.41) is 3.22. The first-order valence-electron chi connectivity index (χ1n) is 6.95. The first-order valence-corrected chi connectivity index (χ1v) is 7.83. The van der Waals surface area contributed by atoms with Crippen molar-refractivity contribution >= 4 is 17.4 Å². The fourth-order valence-corrected chi connectivity index (χ4v) is 2.89. The lowest BCUT2D eigenvalue weighted by atomic mass is 10.2. The summed E-state index contributed by atoms with van der Waals surface area (Å²) >= 11 is 1.70. The number of carbonyl (C=O) groups excluding carboxylic acids is 1. The van der Waals surface area contributed by atoms with Crippen LogP contribution in [0.1, 0.15) is 31.5 Å². The van der Waals surface area contributed by atoms with Crippen molar-refractivity contribution < 1.29 is 9.53 Å². The largest absolute Gasteiger partial charge is 0.444 e. The number of rotatable bonds is 2. The van der Waals surface area contributed by atoms with Crippen LogP contribution in [0.5, 0.6) is 0 Å². The molecular formula is C14H23N3O2S. The normalized spacial score (nSPS) is 17.3. The average molecular weight is 297 g/mol. The summed E-state index contributed by atoms with van der Waals surface area (Å²) in [6.45, 7) is 11.8. The third-order valence-electron chi connectivity index (χ3n) is 3.05. The molecule has 1 saturated heterocycles. The van der Waals surface area contributed by atoms with Crippen LogP contribution in [0.15, 0.2) is 5.38 Å². The molecule has 0 unspecified atom stereocenters. The van der Waals surface area contributed by atoms with Crippen LogP contribution < -0.4 is 0 Å². The van der Waals surface area contributed by atoms with E-state index < -0.39 is 5.60 Å². The number of nitrogens with zero attached hydrogens (tertiary/aromatic N) is 3. The molecule has 0 saturated carbocycles. The van der Waals surface area contributed by atoms with E-state index in [1.807, 2.05) is 27.7 Å². The molecule has 2 heterocycles. The van der Waals surface area contributed by atoms with Crippen molar-refractivity contribution in [1.82, 2.24) is 14.8 Å². The average Bonchev–Trinajstić information content (AvgIpc) is 2.73. The molecule has 1 aliphatic heterocycles. The van der Waals surface area contributed by atoms with Crippen molar-refractivity contribution in [2.45, 2.75) is 39.8 Å². The van der Waals surface area contributed by atoms with Crippen molar-refractivity contribution in [3.63, 3.8) is 0 Å². The lowest BCUT2D eigenvalue weighted by Gasteiger charge is -2.35. The van der Waals surface area contributed by atoms with Gasteiger partial charge in [0.05, 0.1) is 6.54 Å². The van der Waals surface area contributed by atoms with Gasteiger partial charge in [-0.05, 0) is 27.7 Å². The van der Waals surface area contributed by atoms with Gasteiger partial charge in [-0.2, -0.15) is 0 Å². The molecule has 112 valence electrons. The van der Waals surface area contributed by atoms with Gasteiger partial charge >= 0.3 is 6.09 Å². The Bertz CT molecular complexity index is 459. The quantitative estimate of drug-likeness (QED) is 0.841. The Hall–Kier alpha value is -1.14. The van der Waals surface area contributed by atoms with Crippen molar-refractivity contribution in [3.8, 4) is 0 Å². The fourth-order valence-electron chi connectivity index (χ4n) is 2.08. The van der Waals surface area contributed by atoms with Crippen LogP contribution >= 0.6 is 11.3 Å². The van der Waals surface area contributed by atoms with Gasteiger partial charge in [0.25, 0.3) is 0 Å². The maximum absolute atomic E-state index is 12.0. The highest BCUT2D eigenvalue weighted by Gasteiger charge is 2.25. The number of carbonyl (C=O) groups is 1. The molecule has 2 rings (SSSR count). The standard InChI is InChI=1S/C14H23N3O2S/c1-11-10-20-12(15-11)9-16-5-7-17(8-6-16)13(18)19-14(2,3)4/h10H,5-9H2,1-4H3. The van der Waals surface area contributed by atoms with Crippen LogP contribution in [0.4, 0.5) is 4.79 Å². The number of piperazine rings is 1. The number of amides is 1. The first kappa shape index (κ1) is 15.3. The van der Waals surface area contributed by atoms with Crippen LogP contribution in [-0.2, 0) is 11.3 Å². The van der Waals surface area contributed by atoms with Crippen molar-refractivity contribution in [2.75, 3.05) is 26.2 Å². The molecule has 0 atom stereocenters. The lowest BCUT2D eigenvalue weighted by molar-refractivity contribution is 0.0139. The number of hydrogen-bond donors (Lipinski definition) is 0. The molecule has 1 amide bonds. The molecule has 5 nitrogen and oxygen atoms in total. The molecule has 1 aromatic heterocycles. The smallest absolute Gasteiger partial charge is 0.410 e. The van der Waals surface area contributed by atoms with Gasteiger partial charge in [0.15, 0.2) is 0 Å². The van der Waals surface area contributed by atoms with E-state index >= 15 is 0 Å². The first-order chi connectivity index (χ1) is 9.33. The zero-order valence-corrected chi connectivity index (χ0v) is 13.5. The van der Waals surface area contributed by atoms with E-state index in [1.165, 1.54) is 0 Å². The Morgan fingerprint density at radius 3 is 2.50 bits per heavy atom. The van der Waals surface area contributed by atoms with Crippen LogP contribution in [0, 0.1) is 6.92 Å². The molecule has 0 aromatic carbocycles. The predicted molar refractivity (Wildman–Crippen MR) is 79.9 cm³/mol. The minimum absolute atomic E-state index is 0.206. The van der Waals surface area contributed by atoms with Gasteiger partial charge in [-0.1, -0.05) is 0 Å². The second-order valence-corrected chi connectivity index (χ2v) is 7.07. The highest BCUT2D eigenvalue weighted by Crippen LogP contribution is 2.15. The summed E-state index contributed by atoms with van der Waals surface area (Å²) in [5.41, 5.74) is 0.657. The monoisotopic (exact) mass is 297 g/mol. The molecule has 0 spiro atoms. The van der Waals surface area contributed by atoms with Gasteiger partial charge in [0, 0.05) is 37.3 Å². The summed E-state index contributed by atoms with van der Waals surface area (Å²) in [4.78, 5) is 20.6. The minimum Gasteiger partial charge on any atom is -0.444 e. The molecule has 0 N–H and O–H groups in total. The molecule has 1 aliphatic rings. The molecule has 0 radical (unpaired) electrons. The van der Waals surface area contributed by atoms with Crippen LogP contribution in [-0.4, -0.2) is 52.7 Å². The van der Waals surface area contributed by atoms with E-state index in [1.54, 1.807) is 16.2 Å². The summed E-state index contributed by atoms with van der Waals surface area (Å²) in [6.07, 6.45) is -0.206. The fraction of sp³-hybridized carbons (Fsp3) is 0.714. The summed E-state index contributed by atoms with van der Waals surface area (Å²) < 4.78 is 5.39. The Balaban J connectivity index is 1.79. The number of ether oxygens (including phenoxy) is 1. The van der Waals surface area contributed by atoms with E-state index in [2.05, 4.69) is 15.3 Å². The zero-order chi connectivity index (χ0) is 14.8. The van der Waals surface area contributed by atoms with Crippen molar-refractivity contribution in [1.29, 1.82) is 0 Å². The molecule has 20 heavy (non-hydrogen) atoms. The Morgan fingerprint density at radius 1 is 1.35 bits per heavy atom. The molecule has 0 bridgehead atoms. The van der Waals surface area contributed by atoms with Crippen LogP contribution in [0.2, 0.25) is 0 Å². The lowest BCUT2D eigenvalue weighted by Crippen LogP contribution is -2.49. The van der Waals surface area contributed by atoms with Crippen molar-refractivity contribution in [2.24, 2.45) is 0 Å². The van der Waals surface area contributed by atoms with E-state index in [4.69, 9.17) is 4.74 Å². The molecule has 6 heteroatoms. The minimum atomic E-state index is -0.424. The Kier molecular flexibility index (Phi) is 4.65.